The third kappa shape index (κ3) is 7.13. The van der Waals surface area contributed by atoms with E-state index in [1.54, 1.807) is 0 Å². The van der Waals surface area contributed by atoms with Gasteiger partial charge in [0.2, 0.25) is 0 Å². The molecule has 0 aliphatic rings. The van der Waals surface area contributed by atoms with E-state index in [1.165, 1.54) is 11.1 Å². The smallest absolute Gasteiger partial charge is 0.195 e. The highest BCUT2D eigenvalue weighted by Crippen LogP contribution is 2.12. The molecule has 0 saturated heterocycles. The summed E-state index contributed by atoms with van der Waals surface area (Å²) >= 11 is 0. The van der Waals surface area contributed by atoms with Gasteiger partial charge < -0.3 is 14.5 Å². The van der Waals surface area contributed by atoms with Crippen LogP contribution in [0.3, 0.4) is 0 Å². The molecule has 120 valence electrons. The van der Waals surface area contributed by atoms with Crippen LogP contribution in [0.4, 0.5) is 0 Å². The Morgan fingerprint density at radius 3 is 2.14 bits per heavy atom. The molecule has 0 bridgehead atoms. The second kappa shape index (κ2) is 10.8. The monoisotopic (exact) mass is 405 g/mol. The van der Waals surface area contributed by atoms with Crippen molar-refractivity contribution in [2.75, 3.05) is 34.8 Å². The number of benzene rings is 1. The minimum Gasteiger partial charge on any atom is -0.377 e. The van der Waals surface area contributed by atoms with Crippen molar-refractivity contribution in [3.8, 4) is 0 Å². The van der Waals surface area contributed by atoms with E-state index in [1.807, 2.05) is 38.0 Å². The molecular weight excluding hydrogens is 377 g/mol. The Morgan fingerprint density at radius 2 is 1.62 bits per heavy atom. The summed E-state index contributed by atoms with van der Waals surface area (Å²) in [6.45, 7) is 4.27. The molecule has 0 fully saturated rings. The molecule has 0 aliphatic heterocycles. The Morgan fingerprint density at radius 1 is 1.05 bits per heavy atom. The molecule has 0 radical (unpaired) electrons. The lowest BCUT2D eigenvalue weighted by atomic mass is 10.1. The third-order valence-corrected chi connectivity index (χ3v) is 2.92. The topological polar surface area (TPSA) is 28.1 Å². The average Bonchev–Trinajstić information content (AvgIpc) is 2.40. The molecule has 1 aromatic rings. The maximum atomic E-state index is 5.64. The van der Waals surface area contributed by atoms with Gasteiger partial charge in [-0.3, -0.25) is 0 Å². The summed E-state index contributed by atoms with van der Waals surface area (Å²) in [4.78, 5) is 8.74. The van der Waals surface area contributed by atoms with Gasteiger partial charge >= 0.3 is 0 Å². The van der Waals surface area contributed by atoms with E-state index in [9.17, 15) is 0 Å². The van der Waals surface area contributed by atoms with Crippen LogP contribution in [-0.2, 0) is 17.9 Å². The highest BCUT2D eigenvalue weighted by molar-refractivity contribution is 14.0. The number of rotatable bonds is 6. The Bertz CT molecular complexity index is 423. The zero-order valence-corrected chi connectivity index (χ0v) is 16.1. The second-order valence-corrected chi connectivity index (χ2v) is 5.23. The summed E-state index contributed by atoms with van der Waals surface area (Å²) < 4.78 is 5.64. The first-order valence-corrected chi connectivity index (χ1v) is 7.09. The fraction of sp³-hybridized carbons (Fsp3) is 0.562. The number of hydrogen-bond donors (Lipinski definition) is 0. The molecule has 0 unspecified atom stereocenters. The number of guanidine groups is 1. The molecule has 0 heterocycles. The van der Waals surface area contributed by atoms with Crippen LogP contribution in [0, 0.1) is 0 Å². The number of halogens is 1. The predicted octanol–water partition coefficient (Wildman–Crippen LogP) is 3.21. The van der Waals surface area contributed by atoms with E-state index in [4.69, 9.17) is 9.73 Å². The molecule has 1 aromatic carbocycles. The van der Waals surface area contributed by atoms with Crippen LogP contribution in [0.1, 0.15) is 24.5 Å². The number of nitrogens with zero attached hydrogens (tertiary/aromatic N) is 3. The zero-order valence-electron chi connectivity index (χ0n) is 13.8. The molecule has 1 rings (SSSR count). The first-order valence-electron chi connectivity index (χ1n) is 7.09. The van der Waals surface area contributed by atoms with Gasteiger partial charge in [0.05, 0.1) is 13.2 Å². The van der Waals surface area contributed by atoms with E-state index >= 15 is 0 Å². The molecule has 4 nitrogen and oxygen atoms in total. The summed E-state index contributed by atoms with van der Waals surface area (Å²) in [6.07, 6.45) is 1.05. The van der Waals surface area contributed by atoms with Gasteiger partial charge in [-0.1, -0.05) is 31.2 Å². The summed E-state index contributed by atoms with van der Waals surface area (Å²) in [5, 5.41) is 0. The Kier molecular flexibility index (Phi) is 10.4. The van der Waals surface area contributed by atoms with Crippen LogP contribution in [0.15, 0.2) is 29.3 Å². The highest BCUT2D eigenvalue weighted by atomic mass is 127. The van der Waals surface area contributed by atoms with E-state index in [-0.39, 0.29) is 24.0 Å². The van der Waals surface area contributed by atoms with Crippen molar-refractivity contribution in [3.63, 3.8) is 0 Å². The van der Waals surface area contributed by atoms with Crippen molar-refractivity contribution < 1.29 is 4.74 Å². The van der Waals surface area contributed by atoms with Gasteiger partial charge in [0.25, 0.3) is 0 Å². The normalized spacial score (nSPS) is 9.76. The van der Waals surface area contributed by atoms with Gasteiger partial charge in [-0.2, -0.15) is 0 Å². The summed E-state index contributed by atoms with van der Waals surface area (Å²) in [5.41, 5.74) is 2.45. The quantitative estimate of drug-likeness (QED) is 0.315. The molecule has 0 aliphatic carbocycles. The molecule has 0 saturated carbocycles. The van der Waals surface area contributed by atoms with Crippen molar-refractivity contribution >= 4 is 29.9 Å². The minimum atomic E-state index is 0. The summed E-state index contributed by atoms with van der Waals surface area (Å²) in [6, 6.07) is 8.35. The van der Waals surface area contributed by atoms with Gasteiger partial charge in [-0.05, 0) is 17.5 Å². The molecule has 0 aromatic heterocycles. The number of ether oxygens (including phenoxy) is 1. The van der Waals surface area contributed by atoms with Crippen LogP contribution in [0.25, 0.3) is 0 Å². The molecule has 0 N–H and O–H groups in total. The average molecular weight is 405 g/mol. The van der Waals surface area contributed by atoms with Crippen LogP contribution < -0.4 is 0 Å². The van der Waals surface area contributed by atoms with Crippen molar-refractivity contribution in [2.45, 2.75) is 26.5 Å². The molecule has 5 heteroatoms. The van der Waals surface area contributed by atoms with Gasteiger partial charge in [0, 0.05) is 34.8 Å². The van der Waals surface area contributed by atoms with E-state index < -0.39 is 0 Å². The standard InChI is InChI=1S/C16H27N3O.HI/c1-6-11-20-13-15-10-8-7-9-14(15)12-17-16(18(2)3)19(4)5;/h7-10H,6,11-13H2,1-5H3;1H. The third-order valence-electron chi connectivity index (χ3n) is 2.92. The highest BCUT2D eigenvalue weighted by Gasteiger charge is 2.06. The van der Waals surface area contributed by atoms with Crippen molar-refractivity contribution in [2.24, 2.45) is 4.99 Å². The van der Waals surface area contributed by atoms with Crippen LogP contribution >= 0.6 is 24.0 Å². The van der Waals surface area contributed by atoms with Crippen LogP contribution in [0.5, 0.6) is 0 Å². The van der Waals surface area contributed by atoms with Crippen LogP contribution in [-0.4, -0.2) is 50.6 Å². The van der Waals surface area contributed by atoms with Crippen molar-refractivity contribution in [1.29, 1.82) is 0 Å². The maximum absolute atomic E-state index is 5.64. The molecule has 0 atom stereocenters. The SMILES string of the molecule is CCCOCc1ccccc1CN=C(N(C)C)N(C)C.I. The van der Waals surface area contributed by atoms with Gasteiger partial charge in [-0.25, -0.2) is 4.99 Å². The predicted molar refractivity (Wildman–Crippen MR) is 100 cm³/mol. The number of aliphatic imine (C=N–C) groups is 1. The Hall–Kier alpha value is -0.820. The van der Waals surface area contributed by atoms with E-state index in [2.05, 4.69) is 31.2 Å². The van der Waals surface area contributed by atoms with Crippen molar-refractivity contribution in [3.05, 3.63) is 35.4 Å². The lowest BCUT2D eigenvalue weighted by molar-refractivity contribution is 0.121. The first kappa shape index (κ1) is 20.2. The van der Waals surface area contributed by atoms with Gasteiger partial charge in [-0.15, -0.1) is 24.0 Å². The number of hydrogen-bond acceptors (Lipinski definition) is 2. The fourth-order valence-corrected chi connectivity index (χ4v) is 2.02. The Labute approximate surface area is 146 Å². The Balaban J connectivity index is 0.00000400. The lowest BCUT2D eigenvalue weighted by Crippen LogP contribution is -2.35. The fourth-order valence-electron chi connectivity index (χ4n) is 2.02. The van der Waals surface area contributed by atoms with Gasteiger partial charge in [0.15, 0.2) is 5.96 Å². The largest absolute Gasteiger partial charge is 0.377 e. The van der Waals surface area contributed by atoms with Crippen LogP contribution in [0.2, 0.25) is 0 Å². The molecule has 0 amide bonds. The first-order chi connectivity index (χ1) is 9.56. The summed E-state index contributed by atoms with van der Waals surface area (Å²) in [7, 11) is 8.04. The lowest BCUT2D eigenvalue weighted by Gasteiger charge is -2.22. The van der Waals surface area contributed by atoms with E-state index in [0.29, 0.717) is 13.2 Å². The maximum Gasteiger partial charge on any atom is 0.195 e. The van der Waals surface area contributed by atoms with Crippen molar-refractivity contribution in [1.82, 2.24) is 9.80 Å². The molecular formula is C16H28IN3O. The molecule has 21 heavy (non-hydrogen) atoms. The van der Waals surface area contributed by atoms with E-state index in [0.717, 1.165) is 19.0 Å². The zero-order chi connectivity index (χ0) is 15.0. The minimum absolute atomic E-state index is 0. The molecule has 0 spiro atoms. The summed E-state index contributed by atoms with van der Waals surface area (Å²) in [5.74, 6) is 0.967. The van der Waals surface area contributed by atoms with Gasteiger partial charge in [0.1, 0.15) is 0 Å². The second-order valence-electron chi connectivity index (χ2n) is 5.23.